The average Bonchev–Trinajstić information content (AvgIpc) is 2.29. The third-order valence-electron chi connectivity index (χ3n) is 2.48. The van der Waals surface area contributed by atoms with Gasteiger partial charge in [0.15, 0.2) is 5.78 Å². The van der Waals surface area contributed by atoms with Crippen molar-refractivity contribution in [1.29, 1.82) is 0 Å². The highest BCUT2D eigenvalue weighted by atomic mass is 79.9. The van der Waals surface area contributed by atoms with E-state index in [1.807, 2.05) is 0 Å². The zero-order valence-corrected chi connectivity index (χ0v) is 14.1. The van der Waals surface area contributed by atoms with Gasteiger partial charge in [-0.25, -0.2) is 9.18 Å². The molecule has 116 valence electrons. The molecule has 1 aromatic rings. The molecule has 0 aliphatic heterocycles. The van der Waals surface area contributed by atoms with E-state index in [0.29, 0.717) is 4.47 Å². The summed E-state index contributed by atoms with van der Waals surface area (Å²) >= 11 is 3.20. The predicted octanol–water partition coefficient (Wildman–Crippen LogP) is 4.07. The van der Waals surface area contributed by atoms with Crippen LogP contribution in [0.2, 0.25) is 0 Å². The fraction of sp³-hybridized carbons (Fsp3) is 0.467. The highest BCUT2D eigenvalue weighted by molar-refractivity contribution is 9.10. The molecule has 21 heavy (non-hydrogen) atoms. The molecular formula is C15H19BrFNO3. The van der Waals surface area contributed by atoms with Crippen LogP contribution in [0.4, 0.5) is 9.18 Å². The molecule has 0 aliphatic rings. The second kappa shape index (κ2) is 7.02. The van der Waals surface area contributed by atoms with E-state index in [9.17, 15) is 14.0 Å². The van der Waals surface area contributed by atoms with Gasteiger partial charge < -0.3 is 10.1 Å². The third-order valence-corrected chi connectivity index (χ3v) is 2.98. The Morgan fingerprint density at radius 3 is 2.57 bits per heavy atom. The molecule has 1 N–H and O–H groups in total. The number of nitrogens with one attached hydrogen (secondary N) is 1. The lowest BCUT2D eigenvalue weighted by Gasteiger charge is -2.21. The molecule has 1 amide bonds. The zero-order chi connectivity index (χ0) is 16.2. The fourth-order valence-electron chi connectivity index (χ4n) is 1.66. The number of benzene rings is 1. The van der Waals surface area contributed by atoms with Crippen LogP contribution in [-0.4, -0.2) is 23.5 Å². The minimum Gasteiger partial charge on any atom is -0.444 e. The molecule has 6 heteroatoms. The summed E-state index contributed by atoms with van der Waals surface area (Å²) in [4.78, 5) is 23.6. The Balaban J connectivity index is 2.62. The van der Waals surface area contributed by atoms with Gasteiger partial charge in [0.1, 0.15) is 11.4 Å². The van der Waals surface area contributed by atoms with Crippen LogP contribution in [0.3, 0.4) is 0 Å². The summed E-state index contributed by atoms with van der Waals surface area (Å²) in [5.41, 5.74) is -0.605. The third kappa shape index (κ3) is 6.25. The van der Waals surface area contributed by atoms with Gasteiger partial charge in [0.2, 0.25) is 0 Å². The van der Waals surface area contributed by atoms with Gasteiger partial charge in [-0.1, -0.05) is 15.9 Å². The summed E-state index contributed by atoms with van der Waals surface area (Å²) in [5, 5.41) is 2.56. The van der Waals surface area contributed by atoms with E-state index in [1.54, 1.807) is 27.7 Å². The molecule has 0 bridgehead atoms. The predicted molar refractivity (Wildman–Crippen MR) is 81.9 cm³/mol. The Morgan fingerprint density at radius 2 is 2.00 bits per heavy atom. The Morgan fingerprint density at radius 1 is 1.38 bits per heavy atom. The van der Waals surface area contributed by atoms with Crippen LogP contribution in [-0.2, 0) is 4.74 Å². The molecule has 0 saturated heterocycles. The summed E-state index contributed by atoms with van der Waals surface area (Å²) in [7, 11) is 0. The molecular weight excluding hydrogens is 341 g/mol. The Bertz CT molecular complexity index is 540. The lowest BCUT2D eigenvalue weighted by Crippen LogP contribution is -2.38. The normalized spacial score (nSPS) is 12.7. The van der Waals surface area contributed by atoms with Crippen LogP contribution in [0.15, 0.2) is 22.7 Å². The number of carbonyl (C=O) groups is 2. The van der Waals surface area contributed by atoms with Crippen LogP contribution < -0.4 is 5.32 Å². The lowest BCUT2D eigenvalue weighted by atomic mass is 10.0. The minimum absolute atomic E-state index is 0.00205. The second-order valence-corrected chi connectivity index (χ2v) is 6.71. The van der Waals surface area contributed by atoms with E-state index in [4.69, 9.17) is 4.74 Å². The van der Waals surface area contributed by atoms with Crippen LogP contribution >= 0.6 is 15.9 Å². The maximum Gasteiger partial charge on any atom is 0.407 e. The van der Waals surface area contributed by atoms with Gasteiger partial charge in [-0.2, -0.15) is 0 Å². The number of rotatable bonds is 4. The van der Waals surface area contributed by atoms with Crippen LogP contribution in [0.25, 0.3) is 0 Å². The van der Waals surface area contributed by atoms with Crippen molar-refractivity contribution in [1.82, 2.24) is 5.32 Å². The summed E-state index contributed by atoms with van der Waals surface area (Å²) in [5.74, 6) is -0.954. The Kier molecular flexibility index (Phi) is 5.89. The lowest BCUT2D eigenvalue weighted by molar-refractivity contribution is 0.0506. The zero-order valence-electron chi connectivity index (χ0n) is 12.5. The van der Waals surface area contributed by atoms with Crippen molar-refractivity contribution in [3.8, 4) is 0 Å². The van der Waals surface area contributed by atoms with Crippen LogP contribution in [0.1, 0.15) is 44.5 Å². The Hall–Kier alpha value is -1.43. The Labute approximate surface area is 132 Å². The average molecular weight is 360 g/mol. The SMILES string of the molecule is CC(CC(=O)c1cc(Br)ccc1F)NC(=O)OC(C)(C)C. The molecule has 0 heterocycles. The minimum atomic E-state index is -0.607. The van der Waals surface area contributed by atoms with Crippen molar-refractivity contribution < 1.29 is 18.7 Å². The first-order chi connectivity index (χ1) is 9.58. The number of ether oxygens (including phenoxy) is 1. The first kappa shape index (κ1) is 17.6. The first-order valence-corrected chi connectivity index (χ1v) is 7.35. The largest absolute Gasteiger partial charge is 0.444 e. The maximum absolute atomic E-state index is 13.6. The van der Waals surface area contributed by atoms with Gasteiger partial charge >= 0.3 is 6.09 Å². The second-order valence-electron chi connectivity index (χ2n) is 5.80. The summed E-state index contributed by atoms with van der Waals surface area (Å²) < 4.78 is 19.3. The van der Waals surface area contributed by atoms with E-state index in [-0.39, 0.29) is 17.8 Å². The van der Waals surface area contributed by atoms with Crippen LogP contribution in [0, 0.1) is 5.82 Å². The molecule has 1 unspecified atom stereocenters. The van der Waals surface area contributed by atoms with E-state index in [0.717, 1.165) is 0 Å². The summed E-state index contributed by atoms with van der Waals surface area (Å²) in [6.45, 7) is 6.91. The van der Waals surface area contributed by atoms with Gasteiger partial charge in [-0.05, 0) is 45.9 Å². The van der Waals surface area contributed by atoms with E-state index < -0.39 is 23.6 Å². The van der Waals surface area contributed by atoms with E-state index in [2.05, 4.69) is 21.2 Å². The highest BCUT2D eigenvalue weighted by Crippen LogP contribution is 2.17. The van der Waals surface area contributed by atoms with Gasteiger partial charge in [-0.3, -0.25) is 4.79 Å². The summed E-state index contributed by atoms with van der Waals surface area (Å²) in [6.07, 6.45) is -0.607. The van der Waals surface area contributed by atoms with Crippen molar-refractivity contribution in [2.24, 2.45) is 0 Å². The van der Waals surface area contributed by atoms with Crippen molar-refractivity contribution >= 4 is 27.8 Å². The molecule has 0 aromatic heterocycles. The number of hydrogen-bond acceptors (Lipinski definition) is 3. The first-order valence-electron chi connectivity index (χ1n) is 6.56. The number of hydrogen-bond donors (Lipinski definition) is 1. The molecule has 0 saturated carbocycles. The molecule has 1 aromatic carbocycles. The van der Waals surface area contributed by atoms with Gasteiger partial charge in [-0.15, -0.1) is 0 Å². The molecule has 0 spiro atoms. The standard InChI is InChI=1S/C15H19BrFNO3/c1-9(18-14(20)21-15(2,3)4)7-13(19)11-8-10(16)5-6-12(11)17/h5-6,8-9H,7H2,1-4H3,(H,18,20). The molecule has 1 rings (SSSR count). The molecule has 0 fully saturated rings. The molecule has 1 atom stereocenters. The number of carbonyl (C=O) groups excluding carboxylic acids is 2. The highest BCUT2D eigenvalue weighted by Gasteiger charge is 2.20. The number of Topliss-reactive ketones (excluding diaryl/α,β-unsaturated/α-hetero) is 1. The molecule has 4 nitrogen and oxygen atoms in total. The number of alkyl carbamates (subject to hydrolysis) is 1. The van der Waals surface area contributed by atoms with Crippen LogP contribution in [0.5, 0.6) is 0 Å². The van der Waals surface area contributed by atoms with Crippen molar-refractivity contribution in [3.63, 3.8) is 0 Å². The number of amides is 1. The van der Waals surface area contributed by atoms with Gasteiger partial charge in [0, 0.05) is 16.9 Å². The smallest absolute Gasteiger partial charge is 0.407 e. The molecule has 0 radical (unpaired) electrons. The van der Waals surface area contributed by atoms with Crippen molar-refractivity contribution in [3.05, 3.63) is 34.1 Å². The number of ketones is 1. The summed E-state index contributed by atoms with van der Waals surface area (Å²) in [6, 6.07) is 3.72. The van der Waals surface area contributed by atoms with E-state index >= 15 is 0 Å². The van der Waals surface area contributed by atoms with Crippen molar-refractivity contribution in [2.45, 2.75) is 45.8 Å². The maximum atomic E-state index is 13.6. The van der Waals surface area contributed by atoms with Gasteiger partial charge in [0.25, 0.3) is 0 Å². The molecule has 0 aliphatic carbocycles. The van der Waals surface area contributed by atoms with Crippen molar-refractivity contribution in [2.75, 3.05) is 0 Å². The fourth-order valence-corrected chi connectivity index (χ4v) is 2.02. The quantitative estimate of drug-likeness (QED) is 0.824. The van der Waals surface area contributed by atoms with Gasteiger partial charge in [0.05, 0.1) is 5.56 Å². The van der Waals surface area contributed by atoms with E-state index in [1.165, 1.54) is 18.2 Å². The monoisotopic (exact) mass is 359 g/mol. The number of halogens is 2. The topological polar surface area (TPSA) is 55.4 Å².